The highest BCUT2D eigenvalue weighted by atomic mass is 32.2. The van der Waals surface area contributed by atoms with Gasteiger partial charge < -0.3 is 25.2 Å². The zero-order valence-electron chi connectivity index (χ0n) is 25.3. The molecule has 12 nitrogen and oxygen atoms in total. The summed E-state index contributed by atoms with van der Waals surface area (Å²) in [6.45, 7) is 2.52. The van der Waals surface area contributed by atoms with Crippen LogP contribution in [0.1, 0.15) is 42.1 Å². The van der Waals surface area contributed by atoms with Crippen molar-refractivity contribution in [2.75, 3.05) is 51.4 Å². The number of benzene rings is 2. The summed E-state index contributed by atoms with van der Waals surface area (Å²) in [5.41, 5.74) is 1.61. The second kappa shape index (κ2) is 14.9. The topological polar surface area (TPSA) is 145 Å². The van der Waals surface area contributed by atoms with Crippen LogP contribution in [-0.4, -0.2) is 101 Å². The highest BCUT2D eigenvalue weighted by Gasteiger charge is 2.30. The third kappa shape index (κ3) is 9.18. The summed E-state index contributed by atoms with van der Waals surface area (Å²) >= 11 is 0. The van der Waals surface area contributed by atoms with Crippen LogP contribution in [0.2, 0.25) is 0 Å². The maximum absolute atomic E-state index is 13.4. The Bertz CT molecular complexity index is 1400. The van der Waals surface area contributed by atoms with Gasteiger partial charge in [0, 0.05) is 52.1 Å². The van der Waals surface area contributed by atoms with Crippen LogP contribution >= 0.6 is 0 Å². The van der Waals surface area contributed by atoms with Crippen molar-refractivity contribution in [3.63, 3.8) is 0 Å². The van der Waals surface area contributed by atoms with Gasteiger partial charge >= 0.3 is 0 Å². The number of hydrogen-bond donors (Lipinski definition) is 2. The minimum Gasteiger partial charge on any atom is -0.497 e. The smallest absolute Gasteiger partial charge is 0.253 e. The van der Waals surface area contributed by atoms with Crippen LogP contribution in [0.3, 0.4) is 0 Å². The van der Waals surface area contributed by atoms with Gasteiger partial charge in [0.25, 0.3) is 5.91 Å². The van der Waals surface area contributed by atoms with E-state index in [1.165, 1.54) is 19.0 Å². The van der Waals surface area contributed by atoms with E-state index < -0.39 is 22.1 Å². The number of sulfonamides is 1. The minimum absolute atomic E-state index is 0.0880. The van der Waals surface area contributed by atoms with Crippen LogP contribution in [0, 0.1) is 0 Å². The molecule has 2 aromatic carbocycles. The van der Waals surface area contributed by atoms with Crippen LogP contribution in [0.15, 0.2) is 48.5 Å². The number of likely N-dealkylation sites (N-methyl/N-ethyl adjacent to an activating group) is 1. The molecule has 4 amide bonds. The standard InChI is InChI=1S/C30H41N5O7S/c1-21-28(37)31-17-7-19-35(29(38)23-11-13-24(14-12-23)34(3)43(5,40)41)18-6-8-27(36)32-26(30(39)33(21)2)20-22-9-15-25(42-4)16-10-22/h9-16,21,26H,6-8,17-20H2,1-5H3,(H,31,37)(H,32,36)/t21-,26-/m0/s1. The molecule has 13 heteroatoms. The minimum atomic E-state index is -3.45. The van der Waals surface area contributed by atoms with E-state index in [1.807, 2.05) is 12.1 Å². The van der Waals surface area contributed by atoms with Gasteiger partial charge in [-0.25, -0.2) is 8.42 Å². The fraction of sp³-hybridized carbons (Fsp3) is 0.467. The number of nitrogens with zero attached hydrogens (tertiary/aromatic N) is 3. The zero-order valence-corrected chi connectivity index (χ0v) is 26.1. The van der Waals surface area contributed by atoms with Crippen molar-refractivity contribution in [3.8, 4) is 5.75 Å². The second-order valence-electron chi connectivity index (χ2n) is 10.6. The van der Waals surface area contributed by atoms with Gasteiger partial charge in [-0.05, 0) is 61.7 Å². The molecule has 2 N–H and O–H groups in total. The summed E-state index contributed by atoms with van der Waals surface area (Å²) in [6.07, 6.45) is 2.23. The van der Waals surface area contributed by atoms with Gasteiger partial charge in [0.2, 0.25) is 27.7 Å². The second-order valence-corrected chi connectivity index (χ2v) is 12.6. The Balaban J connectivity index is 1.78. The summed E-state index contributed by atoms with van der Waals surface area (Å²) in [5, 5.41) is 5.67. The highest BCUT2D eigenvalue weighted by molar-refractivity contribution is 7.92. The quantitative estimate of drug-likeness (QED) is 0.500. The maximum atomic E-state index is 13.4. The van der Waals surface area contributed by atoms with E-state index in [-0.39, 0.29) is 43.0 Å². The number of hydrogen-bond acceptors (Lipinski definition) is 7. The lowest BCUT2D eigenvalue weighted by atomic mass is 10.0. The Morgan fingerprint density at radius 2 is 1.65 bits per heavy atom. The molecule has 0 aliphatic carbocycles. The van der Waals surface area contributed by atoms with E-state index in [0.29, 0.717) is 42.9 Å². The molecule has 2 aromatic rings. The summed E-state index contributed by atoms with van der Waals surface area (Å²) in [7, 11) is 1.08. The van der Waals surface area contributed by atoms with Crippen LogP contribution in [0.25, 0.3) is 0 Å². The first kappa shape index (κ1) is 33.4. The average molecular weight is 616 g/mol. The van der Waals surface area contributed by atoms with E-state index in [1.54, 1.807) is 55.3 Å². The van der Waals surface area contributed by atoms with Gasteiger partial charge in [-0.15, -0.1) is 0 Å². The number of methoxy groups -OCH3 is 1. The summed E-state index contributed by atoms with van der Waals surface area (Å²) in [5.74, 6) is -0.676. The maximum Gasteiger partial charge on any atom is 0.253 e. The van der Waals surface area contributed by atoms with Crippen molar-refractivity contribution >= 4 is 39.3 Å². The number of anilines is 1. The van der Waals surface area contributed by atoms with E-state index >= 15 is 0 Å². The molecule has 0 saturated carbocycles. The lowest BCUT2D eigenvalue weighted by molar-refractivity contribution is -0.141. The monoisotopic (exact) mass is 615 g/mol. The molecular formula is C30H41N5O7S. The van der Waals surface area contributed by atoms with Crippen molar-refractivity contribution in [1.82, 2.24) is 20.4 Å². The van der Waals surface area contributed by atoms with Gasteiger partial charge in [0.05, 0.1) is 19.1 Å². The normalized spacial score (nSPS) is 19.5. The fourth-order valence-electron chi connectivity index (χ4n) is 4.64. The lowest BCUT2D eigenvalue weighted by Crippen LogP contribution is -2.54. The van der Waals surface area contributed by atoms with Crippen LogP contribution in [-0.2, 0) is 30.8 Å². The molecule has 0 bridgehead atoms. The van der Waals surface area contributed by atoms with Crippen LogP contribution in [0.4, 0.5) is 5.69 Å². The molecule has 1 fully saturated rings. The van der Waals surface area contributed by atoms with Crippen molar-refractivity contribution in [2.24, 2.45) is 0 Å². The van der Waals surface area contributed by atoms with Crippen molar-refractivity contribution in [2.45, 2.75) is 44.7 Å². The number of nitrogens with one attached hydrogen (secondary N) is 2. The average Bonchev–Trinajstić information content (AvgIpc) is 2.99. The third-order valence-corrected chi connectivity index (χ3v) is 8.74. The molecule has 1 aliphatic rings. The molecule has 2 atom stereocenters. The molecule has 1 heterocycles. The predicted octanol–water partition coefficient (Wildman–Crippen LogP) is 1.41. The van der Waals surface area contributed by atoms with E-state index in [9.17, 15) is 27.6 Å². The molecule has 234 valence electrons. The molecule has 43 heavy (non-hydrogen) atoms. The first-order valence-corrected chi connectivity index (χ1v) is 16.0. The molecule has 3 rings (SSSR count). The number of rotatable bonds is 6. The first-order valence-electron chi connectivity index (χ1n) is 14.1. The molecule has 1 aliphatic heterocycles. The fourth-order valence-corrected chi connectivity index (χ4v) is 5.14. The number of ether oxygens (including phenoxy) is 1. The first-order chi connectivity index (χ1) is 20.3. The van der Waals surface area contributed by atoms with Gasteiger partial charge in [-0.3, -0.25) is 23.5 Å². The summed E-state index contributed by atoms with van der Waals surface area (Å²) < 4.78 is 30.0. The van der Waals surface area contributed by atoms with Gasteiger partial charge in [-0.1, -0.05) is 12.1 Å². The Morgan fingerprint density at radius 3 is 2.26 bits per heavy atom. The zero-order chi connectivity index (χ0) is 31.7. The van der Waals surface area contributed by atoms with E-state index in [2.05, 4.69) is 10.6 Å². The van der Waals surface area contributed by atoms with Crippen molar-refractivity contribution in [3.05, 3.63) is 59.7 Å². The van der Waals surface area contributed by atoms with Crippen LogP contribution in [0.5, 0.6) is 5.75 Å². The molecule has 0 aromatic heterocycles. The van der Waals surface area contributed by atoms with E-state index in [4.69, 9.17) is 4.74 Å². The van der Waals surface area contributed by atoms with Crippen LogP contribution < -0.4 is 19.7 Å². The van der Waals surface area contributed by atoms with Gasteiger partial charge in [0.1, 0.15) is 17.8 Å². The SMILES string of the molecule is COc1ccc(C[C@@H]2NC(=O)CCCN(C(=O)c3ccc(N(C)S(C)(=O)=O)cc3)CCCNC(=O)[C@H](C)N(C)C2=O)cc1. The molecule has 0 radical (unpaired) electrons. The van der Waals surface area contributed by atoms with E-state index in [0.717, 1.165) is 16.1 Å². The Hall–Kier alpha value is -4.13. The number of carbonyl (C=O) groups excluding carboxylic acids is 4. The summed E-state index contributed by atoms with van der Waals surface area (Å²) in [6, 6.07) is 11.8. The molecule has 1 saturated heterocycles. The van der Waals surface area contributed by atoms with Crippen molar-refractivity contribution < 1.29 is 32.3 Å². The Kier molecular flexibility index (Phi) is 11.5. The Labute approximate surface area is 253 Å². The van der Waals surface area contributed by atoms with Gasteiger partial charge in [0.15, 0.2) is 0 Å². The van der Waals surface area contributed by atoms with Crippen molar-refractivity contribution in [1.29, 1.82) is 0 Å². The predicted molar refractivity (Wildman–Crippen MR) is 163 cm³/mol. The number of amides is 4. The van der Waals surface area contributed by atoms with Gasteiger partial charge in [-0.2, -0.15) is 0 Å². The molecule has 0 spiro atoms. The molecule has 0 unspecified atom stereocenters. The Morgan fingerprint density at radius 1 is 1.02 bits per heavy atom. The largest absolute Gasteiger partial charge is 0.497 e. The number of carbonyl (C=O) groups is 4. The summed E-state index contributed by atoms with van der Waals surface area (Å²) in [4.78, 5) is 55.7. The molecular weight excluding hydrogens is 574 g/mol. The lowest BCUT2D eigenvalue weighted by Gasteiger charge is -2.29. The highest BCUT2D eigenvalue weighted by Crippen LogP contribution is 2.18. The third-order valence-electron chi connectivity index (χ3n) is 7.54.